The minimum Gasteiger partial charge on any atom is -0.439 e. The maximum atomic E-state index is 12.7. The van der Waals surface area contributed by atoms with E-state index < -0.39 is 5.60 Å². The minimum absolute atomic E-state index is 0.0188. The second kappa shape index (κ2) is 9.57. The lowest BCUT2D eigenvalue weighted by Gasteiger charge is -2.43. The molecule has 1 amide bonds. The van der Waals surface area contributed by atoms with Gasteiger partial charge in [-0.3, -0.25) is 19.8 Å². The summed E-state index contributed by atoms with van der Waals surface area (Å²) in [5.74, 6) is 1.40. The highest BCUT2D eigenvalue weighted by Crippen LogP contribution is 2.38. The SMILES string of the molecule is CC1(O)CC(C(=O)N2CCN(Cc3ccc4cc(Oc5ccc(-c6ccn[nH]6)cn5)ccc4n3)CC2)C1. The molecule has 2 aliphatic rings. The Labute approximate surface area is 215 Å². The van der Waals surface area contributed by atoms with Gasteiger partial charge < -0.3 is 14.7 Å². The zero-order valence-electron chi connectivity index (χ0n) is 20.8. The number of piperazine rings is 1. The highest BCUT2D eigenvalue weighted by Gasteiger charge is 2.44. The van der Waals surface area contributed by atoms with Crippen LogP contribution in [0.15, 0.2) is 60.9 Å². The molecule has 0 radical (unpaired) electrons. The molecule has 0 unspecified atom stereocenters. The number of nitrogens with zero attached hydrogens (tertiary/aromatic N) is 5. The molecule has 37 heavy (non-hydrogen) atoms. The topological polar surface area (TPSA) is 107 Å². The number of nitrogens with one attached hydrogen (secondary N) is 1. The molecule has 190 valence electrons. The van der Waals surface area contributed by atoms with Crippen LogP contribution in [0.3, 0.4) is 0 Å². The van der Waals surface area contributed by atoms with Crippen molar-refractivity contribution in [2.45, 2.75) is 31.9 Å². The summed E-state index contributed by atoms with van der Waals surface area (Å²) < 4.78 is 5.96. The van der Waals surface area contributed by atoms with Crippen LogP contribution in [-0.2, 0) is 11.3 Å². The first kappa shape index (κ1) is 23.6. The first-order valence-electron chi connectivity index (χ1n) is 12.7. The summed E-state index contributed by atoms with van der Waals surface area (Å²) in [5.41, 5.74) is 3.11. The summed E-state index contributed by atoms with van der Waals surface area (Å²) in [7, 11) is 0. The van der Waals surface area contributed by atoms with E-state index >= 15 is 0 Å². The van der Waals surface area contributed by atoms with Gasteiger partial charge in [0, 0.05) is 68.1 Å². The monoisotopic (exact) mass is 498 g/mol. The first-order chi connectivity index (χ1) is 17.9. The third-order valence-corrected chi connectivity index (χ3v) is 7.28. The van der Waals surface area contributed by atoms with Gasteiger partial charge in [0.2, 0.25) is 11.8 Å². The molecule has 1 aromatic carbocycles. The maximum Gasteiger partial charge on any atom is 0.225 e. The van der Waals surface area contributed by atoms with E-state index in [0.29, 0.717) is 24.5 Å². The molecule has 2 fully saturated rings. The number of H-pyrrole nitrogens is 1. The van der Waals surface area contributed by atoms with Crippen molar-refractivity contribution in [2.24, 2.45) is 5.92 Å². The fourth-order valence-corrected chi connectivity index (χ4v) is 5.22. The number of benzene rings is 1. The first-order valence-corrected chi connectivity index (χ1v) is 12.7. The smallest absolute Gasteiger partial charge is 0.225 e. The van der Waals surface area contributed by atoms with E-state index in [2.05, 4.69) is 32.2 Å². The largest absolute Gasteiger partial charge is 0.439 e. The highest BCUT2D eigenvalue weighted by atomic mass is 16.5. The number of fused-ring (bicyclic) bond motifs is 1. The number of hydrogen-bond acceptors (Lipinski definition) is 7. The number of aromatic amines is 1. The molecule has 1 saturated heterocycles. The number of ether oxygens (including phenoxy) is 1. The molecule has 4 aromatic rings. The molecule has 0 atom stereocenters. The van der Waals surface area contributed by atoms with Crippen molar-refractivity contribution >= 4 is 16.8 Å². The van der Waals surface area contributed by atoms with E-state index in [1.807, 2.05) is 41.3 Å². The highest BCUT2D eigenvalue weighted by molar-refractivity contribution is 5.81. The summed E-state index contributed by atoms with van der Waals surface area (Å²) in [5, 5.41) is 17.8. The molecule has 6 rings (SSSR count). The van der Waals surface area contributed by atoms with Crippen LogP contribution in [0.1, 0.15) is 25.5 Å². The van der Waals surface area contributed by atoms with Crippen molar-refractivity contribution in [1.29, 1.82) is 0 Å². The predicted molar refractivity (Wildman–Crippen MR) is 139 cm³/mol. The summed E-state index contributed by atoms with van der Waals surface area (Å²) in [6.07, 6.45) is 4.62. The Hall–Kier alpha value is -3.82. The number of rotatable bonds is 6. The van der Waals surface area contributed by atoms with Gasteiger partial charge in [0.15, 0.2) is 0 Å². The quantitative estimate of drug-likeness (QED) is 0.418. The van der Waals surface area contributed by atoms with Crippen molar-refractivity contribution in [2.75, 3.05) is 26.2 Å². The van der Waals surface area contributed by atoms with Crippen molar-refractivity contribution < 1.29 is 14.6 Å². The molecule has 3 aromatic heterocycles. The van der Waals surface area contributed by atoms with Crippen LogP contribution >= 0.6 is 0 Å². The zero-order valence-corrected chi connectivity index (χ0v) is 20.8. The standard InChI is InChI=1S/C28H30N6O3/c1-28(36)15-21(16-28)27(35)34-12-10-33(11-13-34)18-22-4-2-19-14-23(5-6-24(19)31-22)37-26-7-3-20(17-29-26)25-8-9-30-32-25/h2-9,14,17,21,36H,10-13,15-16,18H2,1H3,(H,30,32). The Kier molecular flexibility index (Phi) is 6.10. The Morgan fingerprint density at radius 2 is 1.95 bits per heavy atom. The van der Waals surface area contributed by atoms with Gasteiger partial charge in [0.05, 0.1) is 22.5 Å². The van der Waals surface area contributed by atoms with E-state index in [1.54, 1.807) is 19.3 Å². The van der Waals surface area contributed by atoms with E-state index in [4.69, 9.17) is 9.72 Å². The lowest BCUT2D eigenvalue weighted by atomic mass is 9.71. The number of aromatic nitrogens is 4. The molecule has 0 bridgehead atoms. The second-order valence-corrected chi connectivity index (χ2v) is 10.3. The van der Waals surface area contributed by atoms with Gasteiger partial charge in [0.25, 0.3) is 0 Å². The summed E-state index contributed by atoms with van der Waals surface area (Å²) >= 11 is 0. The molecular formula is C28H30N6O3. The zero-order chi connectivity index (χ0) is 25.4. The van der Waals surface area contributed by atoms with E-state index in [0.717, 1.165) is 60.6 Å². The van der Waals surface area contributed by atoms with Crippen LogP contribution in [0.5, 0.6) is 11.6 Å². The maximum absolute atomic E-state index is 12.7. The Morgan fingerprint density at radius 1 is 1.11 bits per heavy atom. The van der Waals surface area contributed by atoms with Crippen LogP contribution in [0.4, 0.5) is 0 Å². The Balaban J connectivity index is 1.04. The number of pyridine rings is 2. The third-order valence-electron chi connectivity index (χ3n) is 7.28. The van der Waals surface area contributed by atoms with Gasteiger partial charge in [-0.15, -0.1) is 0 Å². The van der Waals surface area contributed by atoms with Crippen molar-refractivity contribution in [3.63, 3.8) is 0 Å². The van der Waals surface area contributed by atoms with Gasteiger partial charge in [0.1, 0.15) is 5.75 Å². The number of hydrogen-bond donors (Lipinski definition) is 2. The Morgan fingerprint density at radius 3 is 2.65 bits per heavy atom. The van der Waals surface area contributed by atoms with Crippen LogP contribution in [0.25, 0.3) is 22.2 Å². The molecule has 1 aliphatic heterocycles. The van der Waals surface area contributed by atoms with Gasteiger partial charge in [-0.25, -0.2) is 4.98 Å². The molecule has 4 heterocycles. The lowest BCUT2D eigenvalue weighted by Crippen LogP contribution is -2.54. The number of carbonyl (C=O) groups excluding carboxylic acids is 1. The second-order valence-electron chi connectivity index (χ2n) is 10.3. The normalized spacial score (nSPS) is 22.1. The van der Waals surface area contributed by atoms with Gasteiger partial charge >= 0.3 is 0 Å². The van der Waals surface area contributed by atoms with E-state index in [1.165, 1.54) is 0 Å². The average Bonchev–Trinajstić information content (AvgIpc) is 3.43. The number of aliphatic hydroxyl groups is 1. The predicted octanol–water partition coefficient (Wildman–Crippen LogP) is 3.62. The number of carbonyl (C=O) groups is 1. The van der Waals surface area contributed by atoms with Gasteiger partial charge in [-0.05, 0) is 56.2 Å². The molecule has 0 spiro atoms. The number of amides is 1. The van der Waals surface area contributed by atoms with Crippen molar-refractivity contribution in [1.82, 2.24) is 30.0 Å². The molecular weight excluding hydrogens is 468 g/mol. The molecule has 1 aliphatic carbocycles. The van der Waals surface area contributed by atoms with Gasteiger partial charge in [-0.1, -0.05) is 6.07 Å². The van der Waals surface area contributed by atoms with E-state index in [-0.39, 0.29) is 11.8 Å². The van der Waals surface area contributed by atoms with Crippen molar-refractivity contribution in [3.05, 3.63) is 66.6 Å². The van der Waals surface area contributed by atoms with E-state index in [9.17, 15) is 9.90 Å². The van der Waals surface area contributed by atoms with Crippen LogP contribution in [0.2, 0.25) is 0 Å². The average molecular weight is 499 g/mol. The Bertz CT molecular complexity index is 1390. The van der Waals surface area contributed by atoms with Gasteiger partial charge in [-0.2, -0.15) is 5.10 Å². The molecule has 9 nitrogen and oxygen atoms in total. The summed E-state index contributed by atoms with van der Waals surface area (Å²) in [6, 6.07) is 15.6. The fourth-order valence-electron chi connectivity index (χ4n) is 5.22. The van der Waals surface area contributed by atoms with Crippen LogP contribution in [-0.4, -0.2) is 72.8 Å². The lowest BCUT2D eigenvalue weighted by molar-refractivity contribution is -0.151. The van der Waals surface area contributed by atoms with Crippen molar-refractivity contribution in [3.8, 4) is 22.9 Å². The summed E-state index contributed by atoms with van der Waals surface area (Å²) in [6.45, 7) is 5.66. The minimum atomic E-state index is -0.666. The molecule has 2 N–H and O–H groups in total. The molecule has 9 heteroatoms. The van der Waals surface area contributed by atoms with Crippen LogP contribution in [0, 0.1) is 5.92 Å². The third kappa shape index (κ3) is 5.19. The fraction of sp³-hybridized carbons (Fsp3) is 0.357. The summed E-state index contributed by atoms with van der Waals surface area (Å²) in [4.78, 5) is 26.2. The van der Waals surface area contributed by atoms with Crippen LogP contribution < -0.4 is 4.74 Å². The molecule has 1 saturated carbocycles.